The first-order valence-electron chi connectivity index (χ1n) is 7.59. The highest BCUT2D eigenvalue weighted by atomic mass is 28.4. The first-order chi connectivity index (χ1) is 8.15. The quantitative estimate of drug-likeness (QED) is 0.514. The lowest BCUT2D eigenvalue weighted by atomic mass is 10.0. The molecule has 0 spiro atoms. The molecule has 0 aliphatic carbocycles. The summed E-state index contributed by atoms with van der Waals surface area (Å²) in [6.07, 6.45) is 6.16. The minimum absolute atomic E-state index is 0.191. The number of nitrogens with two attached hydrogens (primary N) is 1. The second-order valence-electron chi connectivity index (χ2n) is 6.98. The molecule has 3 heteroatoms. The van der Waals surface area contributed by atoms with E-state index in [-0.39, 0.29) is 17.2 Å². The molecule has 0 aromatic carbocycles. The average molecular weight is 274 g/mol. The van der Waals surface area contributed by atoms with Crippen LogP contribution < -0.4 is 5.73 Å². The van der Waals surface area contributed by atoms with Crippen molar-refractivity contribution in [3.63, 3.8) is 0 Å². The van der Waals surface area contributed by atoms with Gasteiger partial charge in [-0.3, -0.25) is 0 Å². The SMILES string of the molecule is CCCCC[C@@H](O[Si](C)(C)C(C)(C)C)[C@@H](N)CC. The second-order valence-corrected chi connectivity index (χ2v) is 11.7. The lowest BCUT2D eigenvalue weighted by molar-refractivity contribution is 0.137. The van der Waals surface area contributed by atoms with Crippen molar-refractivity contribution in [1.29, 1.82) is 0 Å². The van der Waals surface area contributed by atoms with Gasteiger partial charge in [0.05, 0.1) is 6.10 Å². The van der Waals surface area contributed by atoms with E-state index in [1.807, 2.05) is 0 Å². The monoisotopic (exact) mass is 273 g/mol. The summed E-state index contributed by atoms with van der Waals surface area (Å²) in [7, 11) is -1.69. The van der Waals surface area contributed by atoms with E-state index in [0.717, 1.165) is 12.8 Å². The molecule has 110 valence electrons. The summed E-state index contributed by atoms with van der Waals surface area (Å²) in [5, 5.41) is 0.267. The molecule has 0 aliphatic rings. The molecule has 0 saturated heterocycles. The third-order valence-electron chi connectivity index (χ3n) is 4.29. The summed E-state index contributed by atoms with van der Waals surface area (Å²) in [5.41, 5.74) is 6.25. The van der Waals surface area contributed by atoms with Crippen LogP contribution in [-0.2, 0) is 4.43 Å². The smallest absolute Gasteiger partial charge is 0.192 e. The Bertz CT molecular complexity index is 223. The van der Waals surface area contributed by atoms with Crippen molar-refractivity contribution in [3.8, 4) is 0 Å². The van der Waals surface area contributed by atoms with Gasteiger partial charge in [-0.05, 0) is 31.0 Å². The average Bonchev–Trinajstić information content (AvgIpc) is 2.25. The molecule has 0 rings (SSSR count). The molecular formula is C15H35NOSi. The first-order valence-corrected chi connectivity index (χ1v) is 10.5. The Labute approximate surface area is 116 Å². The van der Waals surface area contributed by atoms with Crippen molar-refractivity contribution >= 4 is 8.32 Å². The van der Waals surface area contributed by atoms with Crippen molar-refractivity contribution in [1.82, 2.24) is 0 Å². The largest absolute Gasteiger partial charge is 0.412 e. The molecule has 0 aromatic heterocycles. The number of hydrogen-bond donors (Lipinski definition) is 1. The lowest BCUT2D eigenvalue weighted by Crippen LogP contribution is -2.49. The number of rotatable bonds is 8. The molecule has 0 unspecified atom stereocenters. The second kappa shape index (κ2) is 7.66. The van der Waals surface area contributed by atoms with Gasteiger partial charge < -0.3 is 10.2 Å². The zero-order valence-corrected chi connectivity index (χ0v) is 14.7. The van der Waals surface area contributed by atoms with Crippen LogP contribution in [0.1, 0.15) is 66.7 Å². The molecule has 0 radical (unpaired) electrons. The molecule has 2 atom stereocenters. The zero-order valence-electron chi connectivity index (χ0n) is 13.7. The van der Waals surface area contributed by atoms with Gasteiger partial charge in [-0.2, -0.15) is 0 Å². The number of hydrogen-bond acceptors (Lipinski definition) is 2. The van der Waals surface area contributed by atoms with Gasteiger partial charge in [0.25, 0.3) is 0 Å². The molecule has 2 N–H and O–H groups in total. The van der Waals surface area contributed by atoms with Crippen LogP contribution in [0.4, 0.5) is 0 Å². The van der Waals surface area contributed by atoms with Crippen molar-refractivity contribution in [2.75, 3.05) is 0 Å². The highest BCUT2D eigenvalue weighted by Gasteiger charge is 2.39. The Kier molecular flexibility index (Phi) is 7.72. The molecule has 18 heavy (non-hydrogen) atoms. The van der Waals surface area contributed by atoms with Crippen LogP contribution in [0.25, 0.3) is 0 Å². The van der Waals surface area contributed by atoms with Gasteiger partial charge in [0.15, 0.2) is 8.32 Å². The van der Waals surface area contributed by atoms with Crippen molar-refractivity contribution < 1.29 is 4.43 Å². The van der Waals surface area contributed by atoms with Gasteiger partial charge in [0, 0.05) is 6.04 Å². The predicted molar refractivity (Wildman–Crippen MR) is 84.5 cm³/mol. The maximum absolute atomic E-state index is 6.52. The maximum atomic E-state index is 6.52. The van der Waals surface area contributed by atoms with E-state index in [0.29, 0.717) is 0 Å². The molecule has 0 aromatic rings. The molecule has 0 fully saturated rings. The van der Waals surface area contributed by atoms with E-state index in [4.69, 9.17) is 10.2 Å². The van der Waals surface area contributed by atoms with E-state index in [1.165, 1.54) is 19.3 Å². The van der Waals surface area contributed by atoms with Crippen LogP contribution >= 0.6 is 0 Å². The van der Waals surface area contributed by atoms with E-state index in [2.05, 4.69) is 47.7 Å². The standard InChI is InChI=1S/C15H35NOSi/c1-8-10-11-12-14(13(16)9-2)17-18(6,7)15(3,4)5/h13-14H,8-12,16H2,1-7H3/t13-,14+/m0/s1. The molecule has 0 bridgehead atoms. The van der Waals surface area contributed by atoms with Gasteiger partial charge in [-0.25, -0.2) is 0 Å². The van der Waals surface area contributed by atoms with Crippen LogP contribution in [0, 0.1) is 0 Å². The van der Waals surface area contributed by atoms with E-state index < -0.39 is 8.32 Å². The Morgan fingerprint density at radius 3 is 2.06 bits per heavy atom. The maximum Gasteiger partial charge on any atom is 0.192 e. The predicted octanol–water partition coefficient (Wildman–Crippen LogP) is 4.69. The molecule has 2 nitrogen and oxygen atoms in total. The molecule has 0 aliphatic heterocycles. The summed E-state index contributed by atoms with van der Waals surface area (Å²) >= 11 is 0. The highest BCUT2D eigenvalue weighted by Crippen LogP contribution is 2.38. The topological polar surface area (TPSA) is 35.2 Å². The number of unbranched alkanes of at least 4 members (excludes halogenated alkanes) is 2. The van der Waals surface area contributed by atoms with Crippen LogP contribution in [0.3, 0.4) is 0 Å². The summed E-state index contributed by atoms with van der Waals surface area (Å²) in [5.74, 6) is 0. The Morgan fingerprint density at radius 1 is 1.11 bits per heavy atom. The Balaban J connectivity index is 4.58. The summed E-state index contributed by atoms with van der Waals surface area (Å²) < 4.78 is 6.52. The fourth-order valence-electron chi connectivity index (χ4n) is 1.77. The van der Waals surface area contributed by atoms with Crippen LogP contribution in [0.15, 0.2) is 0 Å². The first kappa shape index (κ1) is 18.1. The Hall–Kier alpha value is 0.137. The van der Waals surface area contributed by atoms with Crippen molar-refractivity contribution in [3.05, 3.63) is 0 Å². The fraction of sp³-hybridized carbons (Fsp3) is 1.00. The van der Waals surface area contributed by atoms with Gasteiger partial charge >= 0.3 is 0 Å². The van der Waals surface area contributed by atoms with E-state index in [9.17, 15) is 0 Å². The van der Waals surface area contributed by atoms with Crippen molar-refractivity contribution in [2.24, 2.45) is 5.73 Å². The summed E-state index contributed by atoms with van der Waals surface area (Å²) in [6, 6.07) is 0.191. The van der Waals surface area contributed by atoms with E-state index >= 15 is 0 Å². The Morgan fingerprint density at radius 2 is 1.67 bits per heavy atom. The van der Waals surface area contributed by atoms with Crippen LogP contribution in [0.5, 0.6) is 0 Å². The fourth-order valence-corrected chi connectivity index (χ4v) is 3.18. The molecule has 0 amide bonds. The zero-order chi connectivity index (χ0) is 14.4. The minimum Gasteiger partial charge on any atom is -0.412 e. The summed E-state index contributed by atoms with van der Waals surface area (Å²) in [4.78, 5) is 0. The van der Waals surface area contributed by atoms with Gasteiger partial charge in [0.2, 0.25) is 0 Å². The molecular weight excluding hydrogens is 238 g/mol. The third-order valence-corrected chi connectivity index (χ3v) is 8.80. The third kappa shape index (κ3) is 5.85. The van der Waals surface area contributed by atoms with Gasteiger partial charge in [-0.1, -0.05) is 53.9 Å². The lowest BCUT2D eigenvalue weighted by Gasteiger charge is -2.41. The minimum atomic E-state index is -1.69. The van der Waals surface area contributed by atoms with E-state index in [1.54, 1.807) is 0 Å². The van der Waals surface area contributed by atoms with Crippen molar-refractivity contribution in [2.45, 2.75) is 97.0 Å². The molecule has 0 saturated carbocycles. The highest BCUT2D eigenvalue weighted by molar-refractivity contribution is 6.74. The van der Waals surface area contributed by atoms with Crippen LogP contribution in [0.2, 0.25) is 18.1 Å². The van der Waals surface area contributed by atoms with Gasteiger partial charge in [-0.15, -0.1) is 0 Å². The van der Waals surface area contributed by atoms with Gasteiger partial charge in [0.1, 0.15) is 0 Å². The van der Waals surface area contributed by atoms with Crippen LogP contribution in [-0.4, -0.2) is 20.5 Å². The summed E-state index contributed by atoms with van der Waals surface area (Å²) in [6.45, 7) is 15.9. The molecule has 0 heterocycles. The normalized spacial score (nSPS) is 16.7.